The zero-order chi connectivity index (χ0) is 22.9. The predicted octanol–water partition coefficient (Wildman–Crippen LogP) is 3.10. The van der Waals surface area contributed by atoms with E-state index in [4.69, 9.17) is 30.5 Å². The summed E-state index contributed by atoms with van der Waals surface area (Å²) in [6.45, 7) is 1.41. The van der Waals surface area contributed by atoms with E-state index in [1.807, 2.05) is 6.07 Å². The Bertz CT molecular complexity index is 1060. The highest BCUT2D eigenvalue weighted by Crippen LogP contribution is 2.29. The number of halogens is 1. The highest BCUT2D eigenvalue weighted by atomic mass is 35.5. The van der Waals surface area contributed by atoms with E-state index in [2.05, 4.69) is 0 Å². The molecule has 8 nitrogen and oxygen atoms in total. The Kier molecular flexibility index (Phi) is 8.08. The molecule has 1 heterocycles. The number of rotatable bonds is 7. The largest absolute Gasteiger partial charge is 0.493 e. The van der Waals surface area contributed by atoms with Gasteiger partial charge in [0.05, 0.1) is 25.3 Å². The number of benzene rings is 2. The molecule has 1 fully saturated rings. The summed E-state index contributed by atoms with van der Waals surface area (Å²) in [5, 5.41) is 9.82. The van der Waals surface area contributed by atoms with E-state index in [0.29, 0.717) is 42.6 Å². The van der Waals surface area contributed by atoms with Crippen molar-refractivity contribution in [1.29, 1.82) is 5.26 Å². The second-order valence-corrected chi connectivity index (χ2v) is 7.09. The number of hydrogen-bond acceptors (Lipinski definition) is 7. The van der Waals surface area contributed by atoms with Crippen LogP contribution in [0.3, 0.4) is 0 Å². The quantitative estimate of drug-likeness (QED) is 0.273. The van der Waals surface area contributed by atoms with Crippen molar-refractivity contribution in [3.63, 3.8) is 0 Å². The molecule has 166 valence electrons. The number of nitrogens with zero attached hydrogens (tertiary/aromatic N) is 2. The van der Waals surface area contributed by atoms with Crippen molar-refractivity contribution in [3.05, 3.63) is 58.6 Å². The Labute approximate surface area is 190 Å². The van der Waals surface area contributed by atoms with Gasteiger partial charge in [-0.05, 0) is 35.9 Å². The molecule has 0 radical (unpaired) electrons. The van der Waals surface area contributed by atoms with Gasteiger partial charge in [-0.2, -0.15) is 5.26 Å². The van der Waals surface area contributed by atoms with E-state index in [-0.39, 0.29) is 29.6 Å². The van der Waals surface area contributed by atoms with Crippen LogP contribution >= 0.6 is 11.6 Å². The molecular weight excluding hydrogens is 436 g/mol. The zero-order valence-corrected chi connectivity index (χ0v) is 18.1. The molecule has 2 aromatic carbocycles. The third kappa shape index (κ3) is 6.00. The van der Waals surface area contributed by atoms with E-state index in [9.17, 15) is 14.9 Å². The van der Waals surface area contributed by atoms with Crippen LogP contribution in [-0.4, -0.2) is 56.8 Å². The highest BCUT2D eigenvalue weighted by molar-refractivity contribution is 6.32. The number of esters is 1. The number of nitriles is 1. The number of carbonyl (C=O) groups excluding carboxylic acids is 2. The molecule has 0 bridgehead atoms. The summed E-state index contributed by atoms with van der Waals surface area (Å²) in [7, 11) is 1.42. The van der Waals surface area contributed by atoms with Crippen molar-refractivity contribution >= 4 is 29.6 Å². The maximum Gasteiger partial charge on any atom is 0.349 e. The highest BCUT2D eigenvalue weighted by Gasteiger charge is 2.21. The van der Waals surface area contributed by atoms with Crippen LogP contribution in [0.4, 0.5) is 0 Å². The Morgan fingerprint density at radius 1 is 1.16 bits per heavy atom. The summed E-state index contributed by atoms with van der Waals surface area (Å²) in [5.74, 6) is -0.197. The molecule has 0 unspecified atom stereocenters. The lowest BCUT2D eigenvalue weighted by molar-refractivity contribution is -0.136. The van der Waals surface area contributed by atoms with Gasteiger partial charge in [0.2, 0.25) is 0 Å². The third-order valence-corrected chi connectivity index (χ3v) is 4.87. The number of ether oxygens (including phenoxy) is 4. The second kappa shape index (κ2) is 11.2. The molecule has 1 aliphatic rings. The fraction of sp³-hybridized carbons (Fsp3) is 0.261. The summed E-state index contributed by atoms with van der Waals surface area (Å²) < 4.78 is 21.2. The van der Waals surface area contributed by atoms with Gasteiger partial charge in [0, 0.05) is 13.1 Å². The van der Waals surface area contributed by atoms with E-state index >= 15 is 0 Å². The van der Waals surface area contributed by atoms with Gasteiger partial charge in [0.25, 0.3) is 5.91 Å². The first kappa shape index (κ1) is 23.1. The molecule has 1 aliphatic heterocycles. The van der Waals surface area contributed by atoms with Crippen molar-refractivity contribution in [3.8, 4) is 23.3 Å². The van der Waals surface area contributed by atoms with Crippen LogP contribution in [0.25, 0.3) is 6.08 Å². The van der Waals surface area contributed by atoms with E-state index in [1.54, 1.807) is 41.3 Å². The number of carbonyl (C=O) groups is 2. The fourth-order valence-corrected chi connectivity index (χ4v) is 3.14. The lowest BCUT2D eigenvalue weighted by Gasteiger charge is -2.26. The van der Waals surface area contributed by atoms with Crippen LogP contribution in [0.5, 0.6) is 17.2 Å². The summed E-state index contributed by atoms with van der Waals surface area (Å²) in [6.07, 6.45) is 1.46. The van der Waals surface area contributed by atoms with Crippen LogP contribution in [0, 0.1) is 11.3 Å². The first-order valence-electron chi connectivity index (χ1n) is 9.76. The van der Waals surface area contributed by atoms with Crippen molar-refractivity contribution in [2.24, 2.45) is 0 Å². The monoisotopic (exact) mass is 456 g/mol. The molecule has 0 aromatic heterocycles. The van der Waals surface area contributed by atoms with Crippen molar-refractivity contribution in [2.45, 2.75) is 0 Å². The van der Waals surface area contributed by atoms with E-state index in [1.165, 1.54) is 19.3 Å². The number of amides is 1. The average molecular weight is 457 g/mol. The lowest BCUT2D eigenvalue weighted by Crippen LogP contribution is -2.41. The maximum atomic E-state index is 12.6. The summed E-state index contributed by atoms with van der Waals surface area (Å²) in [6, 6.07) is 13.4. The maximum absolute atomic E-state index is 12.6. The van der Waals surface area contributed by atoms with E-state index in [0.717, 1.165) is 0 Å². The fourth-order valence-electron chi connectivity index (χ4n) is 2.95. The smallest absolute Gasteiger partial charge is 0.349 e. The molecule has 2 aromatic rings. The van der Waals surface area contributed by atoms with Gasteiger partial charge in [-0.25, -0.2) is 4.79 Å². The summed E-state index contributed by atoms with van der Waals surface area (Å²) in [5.41, 5.74) is 0.541. The van der Waals surface area contributed by atoms with Gasteiger partial charge in [-0.3, -0.25) is 4.79 Å². The lowest BCUT2D eigenvalue weighted by atomic mass is 10.1. The predicted molar refractivity (Wildman–Crippen MR) is 117 cm³/mol. The Balaban J connectivity index is 1.68. The van der Waals surface area contributed by atoms with Gasteiger partial charge in [0.15, 0.2) is 18.1 Å². The topological polar surface area (TPSA) is 98.1 Å². The van der Waals surface area contributed by atoms with Gasteiger partial charge >= 0.3 is 5.97 Å². The van der Waals surface area contributed by atoms with Gasteiger partial charge < -0.3 is 23.8 Å². The minimum Gasteiger partial charge on any atom is -0.493 e. The van der Waals surface area contributed by atoms with E-state index < -0.39 is 5.97 Å². The normalized spacial score (nSPS) is 13.8. The second-order valence-electron chi connectivity index (χ2n) is 6.68. The van der Waals surface area contributed by atoms with Crippen LogP contribution < -0.4 is 14.2 Å². The number of morpholine rings is 1. The molecule has 32 heavy (non-hydrogen) atoms. The van der Waals surface area contributed by atoms with Gasteiger partial charge in [-0.1, -0.05) is 29.8 Å². The number of hydrogen-bond donors (Lipinski definition) is 0. The van der Waals surface area contributed by atoms with Crippen molar-refractivity contribution < 1.29 is 28.5 Å². The van der Waals surface area contributed by atoms with Crippen LogP contribution in [0.1, 0.15) is 5.56 Å². The Hall–Kier alpha value is -3.54. The standard InChI is InChI=1S/C23H21ClN2O6/c1-29-21-13-16(12-17(14-25)23(28)26-8-10-30-11-9-26)6-7-20(21)32-22(27)15-31-19-5-3-2-4-18(19)24/h2-7,12-13H,8-11,15H2,1H3/b17-12+. The van der Waals surface area contributed by atoms with Crippen LogP contribution in [-0.2, 0) is 14.3 Å². The molecule has 1 saturated heterocycles. The van der Waals surface area contributed by atoms with Crippen molar-refractivity contribution in [2.75, 3.05) is 40.0 Å². The van der Waals surface area contributed by atoms with Gasteiger partial charge in [0.1, 0.15) is 17.4 Å². The Morgan fingerprint density at radius 3 is 2.59 bits per heavy atom. The first-order valence-corrected chi connectivity index (χ1v) is 10.1. The molecule has 0 spiro atoms. The average Bonchev–Trinajstić information content (AvgIpc) is 2.83. The molecular formula is C23H21ClN2O6. The SMILES string of the molecule is COc1cc(/C=C(\C#N)C(=O)N2CCOCC2)ccc1OC(=O)COc1ccccc1Cl. The van der Waals surface area contributed by atoms with Crippen LogP contribution in [0.2, 0.25) is 5.02 Å². The zero-order valence-electron chi connectivity index (χ0n) is 17.4. The molecule has 0 aliphatic carbocycles. The first-order chi connectivity index (χ1) is 15.5. The number of methoxy groups -OCH3 is 1. The third-order valence-electron chi connectivity index (χ3n) is 4.55. The summed E-state index contributed by atoms with van der Waals surface area (Å²) in [4.78, 5) is 26.3. The molecule has 9 heteroatoms. The minimum atomic E-state index is -0.647. The minimum absolute atomic E-state index is 0.00756. The molecule has 1 amide bonds. The number of para-hydroxylation sites is 1. The van der Waals surface area contributed by atoms with Crippen LogP contribution in [0.15, 0.2) is 48.0 Å². The molecule has 0 atom stereocenters. The molecule has 0 N–H and O–H groups in total. The van der Waals surface area contributed by atoms with Crippen molar-refractivity contribution in [1.82, 2.24) is 4.90 Å². The molecule has 3 rings (SSSR count). The molecule has 0 saturated carbocycles. The Morgan fingerprint density at radius 2 is 1.91 bits per heavy atom. The summed E-state index contributed by atoms with van der Waals surface area (Å²) >= 11 is 6.00. The van der Waals surface area contributed by atoms with Gasteiger partial charge in [-0.15, -0.1) is 0 Å².